The summed E-state index contributed by atoms with van der Waals surface area (Å²) in [5.41, 5.74) is 0.823. The summed E-state index contributed by atoms with van der Waals surface area (Å²) in [5, 5.41) is 13.9. The van der Waals surface area contributed by atoms with Gasteiger partial charge in [0.25, 0.3) is 5.91 Å². The summed E-state index contributed by atoms with van der Waals surface area (Å²) in [6.45, 7) is 0. The molecule has 0 heterocycles. The van der Waals surface area contributed by atoms with Crippen LogP contribution in [-0.4, -0.2) is 17.0 Å². The summed E-state index contributed by atoms with van der Waals surface area (Å²) in [4.78, 5) is 23.4. The molecule has 1 amide bonds. The Morgan fingerprint density at radius 1 is 0.913 bits per heavy atom. The fourth-order valence-electron chi connectivity index (χ4n) is 2.30. The van der Waals surface area contributed by atoms with Crippen LogP contribution in [0.5, 0.6) is 0 Å². The summed E-state index contributed by atoms with van der Waals surface area (Å²) < 4.78 is 0. The maximum absolute atomic E-state index is 12.3. The fourth-order valence-corrected chi connectivity index (χ4v) is 2.50. The van der Waals surface area contributed by atoms with Crippen LogP contribution in [0.25, 0.3) is 10.8 Å². The van der Waals surface area contributed by atoms with Crippen molar-refractivity contribution in [2.75, 3.05) is 5.32 Å². The number of carbonyl (C=O) groups is 2. The Morgan fingerprint density at radius 2 is 1.65 bits per heavy atom. The number of carbonyl (C=O) groups excluding carboxylic acids is 1. The van der Waals surface area contributed by atoms with Gasteiger partial charge in [0.05, 0.1) is 10.6 Å². The van der Waals surface area contributed by atoms with Gasteiger partial charge in [-0.05, 0) is 41.1 Å². The second-order valence-corrected chi connectivity index (χ2v) is 5.42. The van der Waals surface area contributed by atoms with Gasteiger partial charge in [0, 0.05) is 11.3 Å². The zero-order chi connectivity index (χ0) is 16.4. The van der Waals surface area contributed by atoms with E-state index in [1.165, 1.54) is 12.1 Å². The minimum atomic E-state index is -1.14. The molecule has 0 radical (unpaired) electrons. The lowest BCUT2D eigenvalue weighted by molar-refractivity contribution is 0.0696. The van der Waals surface area contributed by atoms with E-state index in [9.17, 15) is 9.59 Å². The van der Waals surface area contributed by atoms with Gasteiger partial charge >= 0.3 is 5.97 Å². The molecule has 0 saturated carbocycles. The van der Waals surface area contributed by atoms with Crippen molar-refractivity contribution in [1.29, 1.82) is 0 Å². The van der Waals surface area contributed by atoms with E-state index in [4.69, 9.17) is 16.7 Å². The first-order chi connectivity index (χ1) is 11.0. The fraction of sp³-hybridized carbons (Fsp3) is 0. The molecule has 0 unspecified atom stereocenters. The van der Waals surface area contributed by atoms with Crippen molar-refractivity contribution in [2.45, 2.75) is 0 Å². The highest BCUT2D eigenvalue weighted by atomic mass is 35.5. The van der Waals surface area contributed by atoms with Gasteiger partial charge in [-0.2, -0.15) is 0 Å². The van der Waals surface area contributed by atoms with Gasteiger partial charge in [0.2, 0.25) is 0 Å². The highest BCUT2D eigenvalue weighted by molar-refractivity contribution is 6.33. The van der Waals surface area contributed by atoms with E-state index >= 15 is 0 Å². The van der Waals surface area contributed by atoms with Crippen LogP contribution in [0.4, 0.5) is 5.69 Å². The third kappa shape index (κ3) is 3.17. The quantitative estimate of drug-likeness (QED) is 0.748. The second-order valence-electron chi connectivity index (χ2n) is 5.02. The zero-order valence-corrected chi connectivity index (χ0v) is 12.7. The first kappa shape index (κ1) is 15.1. The van der Waals surface area contributed by atoms with Crippen LogP contribution in [0.1, 0.15) is 20.7 Å². The van der Waals surface area contributed by atoms with Crippen molar-refractivity contribution in [3.05, 3.63) is 76.8 Å². The Morgan fingerprint density at radius 3 is 2.39 bits per heavy atom. The lowest BCUT2D eigenvalue weighted by Crippen LogP contribution is -2.12. The maximum atomic E-state index is 12.3. The Balaban J connectivity index is 1.88. The van der Waals surface area contributed by atoms with Crippen molar-refractivity contribution < 1.29 is 14.7 Å². The molecular formula is C18H12ClNO3. The summed E-state index contributed by atoms with van der Waals surface area (Å²) in [6.07, 6.45) is 0. The summed E-state index contributed by atoms with van der Waals surface area (Å²) in [5.74, 6) is -1.45. The van der Waals surface area contributed by atoms with Crippen LogP contribution < -0.4 is 5.32 Å². The van der Waals surface area contributed by atoms with Gasteiger partial charge in [-0.1, -0.05) is 41.9 Å². The smallest absolute Gasteiger partial charge is 0.337 e. The number of nitrogens with one attached hydrogen (secondary N) is 1. The van der Waals surface area contributed by atoms with E-state index in [0.29, 0.717) is 11.3 Å². The first-order valence-corrected chi connectivity index (χ1v) is 7.25. The number of carboxylic acid groups (broad SMARTS) is 1. The lowest BCUT2D eigenvalue weighted by Gasteiger charge is -2.08. The van der Waals surface area contributed by atoms with E-state index in [0.717, 1.165) is 10.8 Å². The molecule has 3 aromatic carbocycles. The van der Waals surface area contributed by atoms with E-state index < -0.39 is 5.97 Å². The number of amides is 1. The third-order valence-corrected chi connectivity index (χ3v) is 3.80. The normalized spacial score (nSPS) is 10.5. The Hall–Kier alpha value is -2.85. The molecule has 0 spiro atoms. The zero-order valence-electron chi connectivity index (χ0n) is 11.9. The van der Waals surface area contributed by atoms with E-state index in [2.05, 4.69) is 5.32 Å². The average Bonchev–Trinajstić information content (AvgIpc) is 2.55. The van der Waals surface area contributed by atoms with Crippen molar-refractivity contribution >= 4 is 39.9 Å². The minimum Gasteiger partial charge on any atom is -0.478 e. The first-order valence-electron chi connectivity index (χ1n) is 6.87. The molecule has 3 rings (SSSR count). The molecule has 0 fully saturated rings. The summed E-state index contributed by atoms with van der Waals surface area (Å²) in [6, 6.07) is 17.5. The highest BCUT2D eigenvalue weighted by Crippen LogP contribution is 2.22. The number of hydrogen-bond acceptors (Lipinski definition) is 2. The molecule has 23 heavy (non-hydrogen) atoms. The molecule has 4 nitrogen and oxygen atoms in total. The molecule has 2 N–H and O–H groups in total. The van der Waals surface area contributed by atoms with E-state index in [1.54, 1.807) is 18.2 Å². The minimum absolute atomic E-state index is 0.0528. The number of anilines is 1. The van der Waals surface area contributed by atoms with E-state index in [1.807, 2.05) is 30.3 Å². The molecule has 0 aliphatic heterocycles. The summed E-state index contributed by atoms with van der Waals surface area (Å²) in [7, 11) is 0. The van der Waals surface area contributed by atoms with Crippen molar-refractivity contribution in [3.63, 3.8) is 0 Å². The highest BCUT2D eigenvalue weighted by Gasteiger charge is 2.12. The Labute approximate surface area is 137 Å². The van der Waals surface area contributed by atoms with Gasteiger partial charge in [-0.25, -0.2) is 4.79 Å². The molecular weight excluding hydrogens is 314 g/mol. The molecule has 3 aromatic rings. The van der Waals surface area contributed by atoms with Crippen LogP contribution in [-0.2, 0) is 0 Å². The van der Waals surface area contributed by atoms with Gasteiger partial charge in [-0.15, -0.1) is 0 Å². The Bertz CT molecular complexity index is 921. The lowest BCUT2D eigenvalue weighted by atomic mass is 10.1. The molecule has 114 valence electrons. The van der Waals surface area contributed by atoms with Crippen molar-refractivity contribution in [1.82, 2.24) is 0 Å². The van der Waals surface area contributed by atoms with Gasteiger partial charge in [0.15, 0.2) is 0 Å². The standard InChI is InChI=1S/C18H12ClNO3/c19-16-8-7-14(10-15(16)18(22)23)20-17(21)13-6-5-11-3-1-2-4-12(11)9-13/h1-10H,(H,20,21)(H,22,23). The molecule has 0 atom stereocenters. The van der Waals surface area contributed by atoms with Crippen molar-refractivity contribution in [3.8, 4) is 0 Å². The van der Waals surface area contributed by atoms with Crippen LogP contribution in [0, 0.1) is 0 Å². The molecule has 0 aliphatic carbocycles. The molecule has 0 bridgehead atoms. The maximum Gasteiger partial charge on any atom is 0.337 e. The van der Waals surface area contributed by atoms with E-state index in [-0.39, 0.29) is 16.5 Å². The number of benzene rings is 3. The number of halogens is 1. The van der Waals surface area contributed by atoms with Crippen molar-refractivity contribution in [2.24, 2.45) is 0 Å². The third-order valence-electron chi connectivity index (χ3n) is 3.47. The molecule has 5 heteroatoms. The topological polar surface area (TPSA) is 66.4 Å². The van der Waals surface area contributed by atoms with Gasteiger partial charge in [-0.3, -0.25) is 4.79 Å². The molecule has 0 saturated heterocycles. The monoisotopic (exact) mass is 325 g/mol. The van der Waals surface area contributed by atoms with Crippen LogP contribution in [0.3, 0.4) is 0 Å². The number of rotatable bonds is 3. The predicted molar refractivity (Wildman–Crippen MR) is 90.3 cm³/mol. The Kier molecular flexibility index (Phi) is 4.00. The number of carboxylic acids is 1. The summed E-state index contributed by atoms with van der Waals surface area (Å²) >= 11 is 5.82. The number of hydrogen-bond donors (Lipinski definition) is 2. The van der Waals surface area contributed by atoms with Crippen LogP contribution in [0.15, 0.2) is 60.7 Å². The van der Waals surface area contributed by atoms with Gasteiger partial charge in [0.1, 0.15) is 0 Å². The number of aromatic carboxylic acids is 1. The predicted octanol–water partition coefficient (Wildman–Crippen LogP) is 4.44. The number of fused-ring (bicyclic) bond motifs is 1. The second kappa shape index (κ2) is 6.10. The largest absolute Gasteiger partial charge is 0.478 e. The molecule has 0 aliphatic rings. The SMILES string of the molecule is O=C(Nc1ccc(Cl)c(C(=O)O)c1)c1ccc2ccccc2c1. The molecule has 0 aromatic heterocycles. The van der Waals surface area contributed by atoms with Crippen LogP contribution >= 0.6 is 11.6 Å². The average molecular weight is 326 g/mol. The van der Waals surface area contributed by atoms with Gasteiger partial charge < -0.3 is 10.4 Å². The van der Waals surface area contributed by atoms with Crippen LogP contribution in [0.2, 0.25) is 5.02 Å².